The maximum Gasteiger partial charge on any atom is 0.253 e. The minimum Gasteiger partial charge on any atom is -0.395 e. The number of carbonyl (C=O) groups is 1. The van der Waals surface area contributed by atoms with Crippen LogP contribution in [0.1, 0.15) is 30.0 Å². The Morgan fingerprint density at radius 1 is 1.27 bits per heavy atom. The summed E-state index contributed by atoms with van der Waals surface area (Å²) in [6.45, 7) is 6.09. The maximum atomic E-state index is 12.3. The van der Waals surface area contributed by atoms with Crippen molar-refractivity contribution in [1.82, 2.24) is 9.88 Å². The molecule has 0 radical (unpaired) electrons. The molecule has 2 aromatic rings. The molecule has 5 heteroatoms. The third-order valence-corrected chi connectivity index (χ3v) is 3.78. The molecule has 2 rings (SSSR count). The summed E-state index contributed by atoms with van der Waals surface area (Å²) in [4.78, 5) is 28.5. The Morgan fingerprint density at radius 2 is 2.00 bits per heavy atom. The second kappa shape index (κ2) is 6.75. The first kappa shape index (κ1) is 16.2. The molecule has 118 valence electrons. The third-order valence-electron chi connectivity index (χ3n) is 3.78. The van der Waals surface area contributed by atoms with E-state index < -0.39 is 0 Å². The minimum atomic E-state index is -0.190. The number of H-pyrrole nitrogens is 1. The summed E-state index contributed by atoms with van der Waals surface area (Å²) in [7, 11) is 0. The lowest BCUT2D eigenvalue weighted by Crippen LogP contribution is -2.34. The second-order valence-corrected chi connectivity index (χ2v) is 5.56. The first-order chi connectivity index (χ1) is 10.5. The number of aliphatic hydroxyl groups is 1. The molecule has 0 unspecified atom stereocenters. The van der Waals surface area contributed by atoms with Gasteiger partial charge in [-0.05, 0) is 37.1 Å². The van der Waals surface area contributed by atoms with Crippen molar-refractivity contribution in [2.45, 2.75) is 33.7 Å². The topological polar surface area (TPSA) is 73.4 Å². The van der Waals surface area contributed by atoms with Crippen LogP contribution in [0.2, 0.25) is 0 Å². The monoisotopic (exact) mass is 302 g/mol. The van der Waals surface area contributed by atoms with Crippen LogP contribution in [0.5, 0.6) is 0 Å². The molecule has 1 aromatic carbocycles. The molecule has 0 fully saturated rings. The summed E-state index contributed by atoms with van der Waals surface area (Å²) in [5.41, 5.74) is 3.33. The molecule has 2 N–H and O–H groups in total. The number of nitrogens with one attached hydrogen (secondary N) is 1. The van der Waals surface area contributed by atoms with Crippen molar-refractivity contribution in [3.8, 4) is 0 Å². The predicted molar refractivity (Wildman–Crippen MR) is 86.8 cm³/mol. The number of benzene rings is 1. The lowest BCUT2D eigenvalue weighted by molar-refractivity contribution is -0.132. The van der Waals surface area contributed by atoms with Crippen LogP contribution >= 0.6 is 0 Å². The zero-order valence-corrected chi connectivity index (χ0v) is 13.3. The summed E-state index contributed by atoms with van der Waals surface area (Å²) in [6, 6.07) is 5.85. The van der Waals surface area contributed by atoms with E-state index in [1.165, 1.54) is 4.90 Å². The normalized spacial score (nSPS) is 10.9. The summed E-state index contributed by atoms with van der Waals surface area (Å²) >= 11 is 0. The number of carbonyl (C=O) groups excluding carboxylic acids is 1. The molecule has 0 bridgehead atoms. The zero-order valence-electron chi connectivity index (χ0n) is 13.3. The Hall–Kier alpha value is -2.14. The zero-order chi connectivity index (χ0) is 16.3. The van der Waals surface area contributed by atoms with E-state index in [2.05, 4.69) is 11.1 Å². The number of fused-ring (bicyclic) bond motifs is 1. The van der Waals surface area contributed by atoms with Crippen LogP contribution < -0.4 is 5.56 Å². The van der Waals surface area contributed by atoms with Gasteiger partial charge in [-0.2, -0.15) is 0 Å². The van der Waals surface area contributed by atoms with Crippen molar-refractivity contribution >= 4 is 16.8 Å². The van der Waals surface area contributed by atoms with Crippen molar-refractivity contribution in [3.05, 3.63) is 45.2 Å². The fraction of sp³-hybridized carbons (Fsp3) is 0.412. The summed E-state index contributed by atoms with van der Waals surface area (Å²) in [5.74, 6) is -0.0748. The molecule has 0 aliphatic carbocycles. The number of rotatable bonds is 5. The average Bonchev–Trinajstić information content (AvgIpc) is 2.47. The number of pyridine rings is 1. The molecule has 1 heterocycles. The molecule has 0 saturated carbocycles. The van der Waals surface area contributed by atoms with Crippen LogP contribution in [-0.2, 0) is 11.3 Å². The van der Waals surface area contributed by atoms with Gasteiger partial charge in [0.2, 0.25) is 5.91 Å². The van der Waals surface area contributed by atoms with Gasteiger partial charge in [-0.25, -0.2) is 0 Å². The molecule has 0 aliphatic rings. The first-order valence-electron chi connectivity index (χ1n) is 7.48. The number of aliphatic hydroxyl groups excluding tert-OH is 1. The van der Waals surface area contributed by atoms with Crippen molar-refractivity contribution in [2.24, 2.45) is 0 Å². The Bertz CT molecular complexity index is 749. The minimum absolute atomic E-state index is 0.0748. The van der Waals surface area contributed by atoms with E-state index in [9.17, 15) is 9.59 Å². The van der Waals surface area contributed by atoms with Gasteiger partial charge in [0.05, 0.1) is 13.2 Å². The quantitative estimate of drug-likeness (QED) is 0.885. The number of aryl methyl sites for hydroxylation is 2. The van der Waals surface area contributed by atoms with Gasteiger partial charge in [-0.1, -0.05) is 13.0 Å². The Balaban J connectivity index is 2.45. The first-order valence-corrected chi connectivity index (χ1v) is 7.48. The van der Waals surface area contributed by atoms with Crippen LogP contribution in [-0.4, -0.2) is 34.0 Å². The highest BCUT2D eigenvalue weighted by Crippen LogP contribution is 2.19. The van der Waals surface area contributed by atoms with Crippen LogP contribution in [0.4, 0.5) is 0 Å². The number of hydrogen-bond acceptors (Lipinski definition) is 3. The van der Waals surface area contributed by atoms with Crippen LogP contribution in [0.25, 0.3) is 10.9 Å². The maximum absolute atomic E-state index is 12.3. The van der Waals surface area contributed by atoms with Crippen molar-refractivity contribution in [1.29, 1.82) is 0 Å². The van der Waals surface area contributed by atoms with E-state index >= 15 is 0 Å². The van der Waals surface area contributed by atoms with E-state index in [1.807, 2.05) is 26.0 Å². The molecule has 0 atom stereocenters. The highest BCUT2D eigenvalue weighted by molar-refractivity contribution is 5.83. The second-order valence-electron chi connectivity index (χ2n) is 5.56. The summed E-state index contributed by atoms with van der Waals surface area (Å²) in [5, 5.41) is 10.1. The Labute approximate surface area is 129 Å². The van der Waals surface area contributed by atoms with Gasteiger partial charge in [-0.15, -0.1) is 0 Å². The summed E-state index contributed by atoms with van der Waals surface area (Å²) < 4.78 is 0. The van der Waals surface area contributed by atoms with E-state index in [1.54, 1.807) is 6.92 Å². The number of nitrogens with zero attached hydrogens (tertiary/aromatic N) is 1. The fourth-order valence-electron chi connectivity index (χ4n) is 2.68. The molecular formula is C17H22N2O3. The molecule has 1 amide bonds. The summed E-state index contributed by atoms with van der Waals surface area (Å²) in [6.07, 6.45) is 0.351. The largest absolute Gasteiger partial charge is 0.395 e. The van der Waals surface area contributed by atoms with Gasteiger partial charge < -0.3 is 15.0 Å². The standard InChI is InChI=1S/C17H22N2O3/c1-4-16(21)19(5-6-20)10-13-9-14-12(3)7-11(2)8-15(14)18-17(13)22/h7-9,20H,4-6,10H2,1-3H3,(H,18,22). The highest BCUT2D eigenvalue weighted by Gasteiger charge is 2.14. The molecule has 0 spiro atoms. The smallest absolute Gasteiger partial charge is 0.253 e. The van der Waals surface area contributed by atoms with Crippen LogP contribution in [0, 0.1) is 13.8 Å². The fourth-order valence-corrected chi connectivity index (χ4v) is 2.68. The van der Waals surface area contributed by atoms with Gasteiger partial charge in [0, 0.05) is 29.4 Å². The molecule has 22 heavy (non-hydrogen) atoms. The molecule has 0 saturated heterocycles. The van der Waals surface area contributed by atoms with E-state index in [0.717, 1.165) is 22.0 Å². The lowest BCUT2D eigenvalue weighted by Gasteiger charge is -2.21. The lowest BCUT2D eigenvalue weighted by atomic mass is 10.0. The number of amides is 1. The van der Waals surface area contributed by atoms with E-state index in [-0.39, 0.29) is 31.2 Å². The third kappa shape index (κ3) is 3.36. The van der Waals surface area contributed by atoms with Gasteiger partial charge in [0.25, 0.3) is 5.56 Å². The van der Waals surface area contributed by atoms with Gasteiger partial charge in [-0.3, -0.25) is 9.59 Å². The van der Waals surface area contributed by atoms with Crippen molar-refractivity contribution in [3.63, 3.8) is 0 Å². The average molecular weight is 302 g/mol. The van der Waals surface area contributed by atoms with Crippen molar-refractivity contribution < 1.29 is 9.90 Å². The van der Waals surface area contributed by atoms with E-state index in [0.29, 0.717) is 12.0 Å². The highest BCUT2D eigenvalue weighted by atomic mass is 16.3. The molecule has 5 nitrogen and oxygen atoms in total. The number of aromatic nitrogens is 1. The number of hydrogen-bond donors (Lipinski definition) is 2. The van der Waals surface area contributed by atoms with Crippen molar-refractivity contribution in [2.75, 3.05) is 13.2 Å². The van der Waals surface area contributed by atoms with Crippen LogP contribution in [0.15, 0.2) is 23.0 Å². The SMILES string of the molecule is CCC(=O)N(CCO)Cc1cc2c(C)cc(C)cc2[nH]c1=O. The predicted octanol–water partition coefficient (Wildman–Crippen LogP) is 1.88. The number of aromatic amines is 1. The van der Waals surface area contributed by atoms with Crippen LogP contribution in [0.3, 0.4) is 0 Å². The molecule has 0 aliphatic heterocycles. The van der Waals surface area contributed by atoms with E-state index in [4.69, 9.17) is 5.11 Å². The molecule has 1 aromatic heterocycles. The van der Waals surface area contributed by atoms with Gasteiger partial charge in [0.1, 0.15) is 0 Å². The van der Waals surface area contributed by atoms with Gasteiger partial charge >= 0.3 is 0 Å². The Morgan fingerprint density at radius 3 is 2.64 bits per heavy atom. The van der Waals surface area contributed by atoms with Gasteiger partial charge in [0.15, 0.2) is 0 Å². The Kier molecular flexibility index (Phi) is 4.98. The molecular weight excluding hydrogens is 280 g/mol.